The third kappa shape index (κ3) is 2.06. The third-order valence-corrected chi connectivity index (χ3v) is 2.68. The Morgan fingerprint density at radius 2 is 2.06 bits per heavy atom. The van der Waals surface area contributed by atoms with Crippen LogP contribution in [0, 0.1) is 0 Å². The molecule has 1 aliphatic rings. The van der Waals surface area contributed by atoms with Gasteiger partial charge in [0.25, 0.3) is 0 Å². The van der Waals surface area contributed by atoms with E-state index in [0.717, 1.165) is 11.4 Å². The van der Waals surface area contributed by atoms with Crippen molar-refractivity contribution in [2.45, 2.75) is 33.2 Å². The standard InChI is InChI=1S/C14H18NO/c1-5-16-11-6-7-13-12(8-11)10(2)9-14(3,4)15-13/h6-9H,5H2,1-4H3. The van der Waals surface area contributed by atoms with Crippen molar-refractivity contribution in [1.82, 2.24) is 5.32 Å². The highest BCUT2D eigenvalue weighted by atomic mass is 16.5. The first kappa shape index (κ1) is 11.1. The van der Waals surface area contributed by atoms with E-state index in [1.165, 1.54) is 11.1 Å². The lowest BCUT2D eigenvalue weighted by atomic mass is 9.91. The summed E-state index contributed by atoms with van der Waals surface area (Å²) in [5.41, 5.74) is 3.43. The van der Waals surface area contributed by atoms with Gasteiger partial charge in [-0.05, 0) is 51.5 Å². The number of allylic oxidation sites excluding steroid dienone is 1. The highest BCUT2D eigenvalue weighted by Gasteiger charge is 2.24. The summed E-state index contributed by atoms with van der Waals surface area (Å²) in [7, 11) is 0. The molecular weight excluding hydrogens is 198 g/mol. The third-order valence-electron chi connectivity index (χ3n) is 2.68. The maximum absolute atomic E-state index is 5.50. The molecule has 16 heavy (non-hydrogen) atoms. The average Bonchev–Trinajstić information content (AvgIpc) is 2.18. The van der Waals surface area contributed by atoms with E-state index in [9.17, 15) is 0 Å². The predicted molar refractivity (Wildman–Crippen MR) is 67.1 cm³/mol. The van der Waals surface area contributed by atoms with E-state index < -0.39 is 0 Å². The molecule has 0 saturated carbocycles. The molecule has 0 aliphatic carbocycles. The lowest BCUT2D eigenvalue weighted by Crippen LogP contribution is -2.30. The average molecular weight is 216 g/mol. The zero-order valence-electron chi connectivity index (χ0n) is 10.4. The van der Waals surface area contributed by atoms with Crippen molar-refractivity contribution in [1.29, 1.82) is 0 Å². The molecule has 1 radical (unpaired) electrons. The van der Waals surface area contributed by atoms with E-state index in [1.807, 2.05) is 19.1 Å². The minimum Gasteiger partial charge on any atom is -0.494 e. The second-order valence-electron chi connectivity index (χ2n) is 4.70. The van der Waals surface area contributed by atoms with Crippen LogP contribution in [-0.2, 0) is 0 Å². The quantitative estimate of drug-likeness (QED) is 0.742. The van der Waals surface area contributed by atoms with Crippen LogP contribution in [-0.4, -0.2) is 12.1 Å². The first-order valence-corrected chi connectivity index (χ1v) is 5.71. The molecule has 0 amide bonds. The summed E-state index contributed by atoms with van der Waals surface area (Å²) in [6.45, 7) is 9.07. The number of rotatable bonds is 2. The smallest absolute Gasteiger partial charge is 0.120 e. The van der Waals surface area contributed by atoms with E-state index in [4.69, 9.17) is 10.1 Å². The van der Waals surface area contributed by atoms with Crippen LogP contribution in [0.3, 0.4) is 0 Å². The van der Waals surface area contributed by atoms with Crippen LogP contribution in [0.5, 0.6) is 5.75 Å². The fourth-order valence-electron chi connectivity index (χ4n) is 2.14. The Labute approximate surface area is 97.3 Å². The number of hydrogen-bond donors (Lipinski definition) is 0. The highest BCUT2D eigenvalue weighted by molar-refractivity contribution is 5.77. The van der Waals surface area contributed by atoms with Crippen LogP contribution in [0.1, 0.15) is 33.3 Å². The van der Waals surface area contributed by atoms with Gasteiger partial charge < -0.3 is 4.74 Å². The number of hydrogen-bond acceptors (Lipinski definition) is 1. The van der Waals surface area contributed by atoms with Crippen molar-refractivity contribution in [2.24, 2.45) is 0 Å². The normalized spacial score (nSPS) is 17.1. The zero-order chi connectivity index (χ0) is 11.8. The van der Waals surface area contributed by atoms with Gasteiger partial charge in [0.15, 0.2) is 0 Å². The van der Waals surface area contributed by atoms with Crippen molar-refractivity contribution in [3.8, 4) is 5.75 Å². The van der Waals surface area contributed by atoms with E-state index in [2.05, 4.69) is 32.9 Å². The van der Waals surface area contributed by atoms with Gasteiger partial charge >= 0.3 is 0 Å². The molecule has 0 spiro atoms. The van der Waals surface area contributed by atoms with E-state index >= 15 is 0 Å². The number of nitrogens with zero attached hydrogens (tertiary/aromatic N) is 1. The molecule has 0 aromatic heterocycles. The first-order chi connectivity index (χ1) is 7.52. The summed E-state index contributed by atoms with van der Waals surface area (Å²) in [6.07, 6.45) is 2.20. The molecule has 1 aromatic carbocycles. The Morgan fingerprint density at radius 3 is 2.75 bits per heavy atom. The fraction of sp³-hybridized carbons (Fsp3) is 0.429. The Balaban J connectivity index is 2.42. The topological polar surface area (TPSA) is 23.3 Å². The van der Waals surface area contributed by atoms with Gasteiger partial charge in [-0.2, -0.15) is 0 Å². The Bertz CT molecular complexity index is 432. The van der Waals surface area contributed by atoms with Gasteiger partial charge in [-0.1, -0.05) is 6.08 Å². The lowest BCUT2D eigenvalue weighted by molar-refractivity contribution is 0.340. The van der Waals surface area contributed by atoms with Gasteiger partial charge in [-0.25, -0.2) is 0 Å². The molecule has 1 heterocycles. The van der Waals surface area contributed by atoms with Crippen molar-refractivity contribution in [3.63, 3.8) is 0 Å². The van der Waals surface area contributed by atoms with Crippen LogP contribution >= 0.6 is 0 Å². The second-order valence-corrected chi connectivity index (χ2v) is 4.70. The summed E-state index contributed by atoms with van der Waals surface area (Å²) in [5.74, 6) is 0.920. The summed E-state index contributed by atoms with van der Waals surface area (Å²) in [4.78, 5) is 0. The van der Waals surface area contributed by atoms with Gasteiger partial charge in [-0.3, -0.25) is 5.32 Å². The van der Waals surface area contributed by atoms with Crippen molar-refractivity contribution in [3.05, 3.63) is 29.8 Å². The molecule has 2 rings (SSSR count). The van der Waals surface area contributed by atoms with Crippen LogP contribution in [0.2, 0.25) is 0 Å². The molecule has 85 valence electrons. The molecule has 0 fully saturated rings. The van der Waals surface area contributed by atoms with Gasteiger partial charge in [-0.15, -0.1) is 0 Å². The molecule has 0 atom stereocenters. The predicted octanol–water partition coefficient (Wildman–Crippen LogP) is 3.52. The van der Waals surface area contributed by atoms with Crippen molar-refractivity contribution < 1.29 is 4.74 Å². The summed E-state index contributed by atoms with van der Waals surface area (Å²) < 4.78 is 5.50. The van der Waals surface area contributed by atoms with Crippen LogP contribution in [0.25, 0.3) is 5.57 Å². The molecule has 0 N–H and O–H groups in total. The zero-order valence-corrected chi connectivity index (χ0v) is 10.4. The van der Waals surface area contributed by atoms with Gasteiger partial charge in [0, 0.05) is 5.56 Å². The van der Waals surface area contributed by atoms with Crippen LogP contribution < -0.4 is 10.1 Å². The second kappa shape index (κ2) is 3.85. The molecule has 0 saturated heterocycles. The van der Waals surface area contributed by atoms with Crippen molar-refractivity contribution in [2.75, 3.05) is 6.61 Å². The molecular formula is C14H18NO. The maximum Gasteiger partial charge on any atom is 0.120 e. The van der Waals surface area contributed by atoms with E-state index in [1.54, 1.807) is 0 Å². The maximum atomic E-state index is 5.50. The van der Waals surface area contributed by atoms with Crippen molar-refractivity contribution >= 4 is 11.3 Å². The Morgan fingerprint density at radius 1 is 1.31 bits per heavy atom. The summed E-state index contributed by atoms with van der Waals surface area (Å²) >= 11 is 0. The van der Waals surface area contributed by atoms with E-state index in [0.29, 0.717) is 6.61 Å². The number of ether oxygens (including phenoxy) is 1. The Hall–Kier alpha value is -1.44. The van der Waals surface area contributed by atoms with Gasteiger partial charge in [0.1, 0.15) is 5.75 Å². The number of benzene rings is 1. The van der Waals surface area contributed by atoms with Crippen LogP contribution in [0.15, 0.2) is 24.3 Å². The molecule has 2 heteroatoms. The monoisotopic (exact) mass is 216 g/mol. The minimum absolute atomic E-state index is 0.0930. The SMILES string of the molecule is CCOc1ccc2c(c1)C(C)=CC(C)(C)[N]2. The minimum atomic E-state index is -0.0930. The molecule has 2 nitrogen and oxygen atoms in total. The Kier molecular flexibility index (Phi) is 2.66. The van der Waals surface area contributed by atoms with Gasteiger partial charge in [0.05, 0.1) is 17.8 Å². The van der Waals surface area contributed by atoms with Crippen LogP contribution in [0.4, 0.5) is 5.69 Å². The largest absolute Gasteiger partial charge is 0.494 e. The lowest BCUT2D eigenvalue weighted by Gasteiger charge is -2.28. The van der Waals surface area contributed by atoms with Gasteiger partial charge in [0.2, 0.25) is 0 Å². The molecule has 0 unspecified atom stereocenters. The van der Waals surface area contributed by atoms with E-state index in [-0.39, 0.29) is 5.54 Å². The molecule has 1 aromatic rings. The fourth-order valence-corrected chi connectivity index (χ4v) is 2.14. The summed E-state index contributed by atoms with van der Waals surface area (Å²) in [5, 5.41) is 4.70. The molecule has 0 bridgehead atoms. The highest BCUT2D eigenvalue weighted by Crippen LogP contribution is 2.35. The summed E-state index contributed by atoms with van der Waals surface area (Å²) in [6, 6.07) is 6.10. The molecule has 1 aliphatic heterocycles. The first-order valence-electron chi connectivity index (χ1n) is 5.71. The number of fused-ring (bicyclic) bond motifs is 1.